The molecule has 0 unspecified atom stereocenters. The van der Waals surface area contributed by atoms with Gasteiger partial charge in [-0.25, -0.2) is 0 Å². The van der Waals surface area contributed by atoms with Crippen molar-refractivity contribution in [2.24, 2.45) is 11.8 Å². The van der Waals surface area contributed by atoms with Gasteiger partial charge in [-0.1, -0.05) is 37.3 Å². The van der Waals surface area contributed by atoms with Crippen LogP contribution in [0.15, 0.2) is 30.3 Å². The molecule has 1 aliphatic heterocycles. The summed E-state index contributed by atoms with van der Waals surface area (Å²) in [5.41, 5.74) is 1.31. The molecule has 0 N–H and O–H groups in total. The summed E-state index contributed by atoms with van der Waals surface area (Å²) in [5, 5.41) is 0. The molecule has 0 spiro atoms. The molecule has 1 amide bonds. The van der Waals surface area contributed by atoms with Crippen LogP contribution in [0.4, 0.5) is 0 Å². The van der Waals surface area contributed by atoms with Gasteiger partial charge in [-0.15, -0.1) is 0 Å². The van der Waals surface area contributed by atoms with Crippen molar-refractivity contribution < 1.29 is 9.53 Å². The number of piperidine rings is 1. The summed E-state index contributed by atoms with van der Waals surface area (Å²) in [6, 6.07) is 10.8. The number of amides is 1. The highest BCUT2D eigenvalue weighted by Crippen LogP contribution is 2.32. The lowest BCUT2D eigenvalue weighted by Crippen LogP contribution is -2.53. The Bertz CT molecular complexity index is 559. The van der Waals surface area contributed by atoms with Crippen molar-refractivity contribution in [1.82, 2.24) is 9.80 Å². The van der Waals surface area contributed by atoms with E-state index in [9.17, 15) is 4.79 Å². The van der Waals surface area contributed by atoms with Crippen molar-refractivity contribution in [1.29, 1.82) is 0 Å². The highest BCUT2D eigenvalue weighted by Gasteiger charge is 2.39. The van der Waals surface area contributed by atoms with Crippen LogP contribution in [0.3, 0.4) is 0 Å². The smallest absolute Gasteiger partial charge is 0.227 e. The van der Waals surface area contributed by atoms with E-state index < -0.39 is 0 Å². The molecular formula is C22H34N2O2. The van der Waals surface area contributed by atoms with Crippen LogP contribution in [0, 0.1) is 11.8 Å². The second-order valence-corrected chi connectivity index (χ2v) is 7.96. The number of nitrogens with zero attached hydrogens (tertiary/aromatic N) is 2. The molecule has 2 atom stereocenters. The van der Waals surface area contributed by atoms with E-state index in [0.717, 1.165) is 51.4 Å². The van der Waals surface area contributed by atoms with Crippen molar-refractivity contribution >= 4 is 5.91 Å². The Labute approximate surface area is 158 Å². The van der Waals surface area contributed by atoms with Crippen LogP contribution >= 0.6 is 0 Å². The van der Waals surface area contributed by atoms with Crippen LogP contribution in [-0.2, 0) is 16.1 Å². The zero-order valence-electron chi connectivity index (χ0n) is 16.4. The Hall–Kier alpha value is -1.39. The Kier molecular flexibility index (Phi) is 7.09. The van der Waals surface area contributed by atoms with E-state index >= 15 is 0 Å². The van der Waals surface area contributed by atoms with Crippen LogP contribution in [0.2, 0.25) is 0 Å². The summed E-state index contributed by atoms with van der Waals surface area (Å²) in [7, 11) is 1.75. The summed E-state index contributed by atoms with van der Waals surface area (Å²) in [4.78, 5) is 18.0. The van der Waals surface area contributed by atoms with E-state index in [1.165, 1.54) is 18.4 Å². The van der Waals surface area contributed by atoms with E-state index in [1.807, 2.05) is 0 Å². The standard InChI is InChI=1S/C22H34N2O2/c1-3-13-24(16-19-11-12-19)22(25)20-10-7-14-23(21(20)17-26-2)15-18-8-5-4-6-9-18/h4-6,8-9,19-21H,3,7,10-17H2,1-2H3/t20-,21-/m1/s1. The first-order chi connectivity index (χ1) is 12.7. The third kappa shape index (κ3) is 5.08. The van der Waals surface area contributed by atoms with Gasteiger partial charge in [-0.2, -0.15) is 0 Å². The molecule has 1 aromatic rings. The van der Waals surface area contributed by atoms with E-state index in [4.69, 9.17) is 4.74 Å². The molecule has 0 radical (unpaired) electrons. The molecule has 26 heavy (non-hydrogen) atoms. The summed E-state index contributed by atoms with van der Waals surface area (Å²) < 4.78 is 5.55. The van der Waals surface area contributed by atoms with E-state index in [0.29, 0.717) is 12.5 Å². The number of ether oxygens (including phenoxy) is 1. The summed E-state index contributed by atoms with van der Waals surface area (Å²) in [6.45, 7) is 6.60. The molecule has 1 aromatic carbocycles. The SMILES string of the molecule is CCCN(CC1CC1)C(=O)[C@@H]1CCCN(Cc2ccccc2)[C@@H]1COC. The van der Waals surface area contributed by atoms with Crippen molar-refractivity contribution in [3.8, 4) is 0 Å². The normalized spacial score (nSPS) is 23.8. The van der Waals surface area contributed by atoms with Gasteiger partial charge >= 0.3 is 0 Å². The largest absolute Gasteiger partial charge is 0.383 e. The van der Waals surface area contributed by atoms with Gasteiger partial charge in [-0.3, -0.25) is 9.69 Å². The predicted molar refractivity (Wildman–Crippen MR) is 105 cm³/mol. The number of hydrogen-bond acceptors (Lipinski definition) is 3. The molecule has 1 aliphatic carbocycles. The lowest BCUT2D eigenvalue weighted by molar-refractivity contribution is -0.141. The van der Waals surface area contributed by atoms with E-state index in [-0.39, 0.29) is 12.0 Å². The number of hydrogen-bond donors (Lipinski definition) is 0. The van der Waals surface area contributed by atoms with Gasteiger partial charge in [0.1, 0.15) is 0 Å². The minimum absolute atomic E-state index is 0.0673. The number of benzene rings is 1. The predicted octanol–water partition coefficient (Wildman–Crippen LogP) is 3.56. The molecule has 2 aliphatic rings. The van der Waals surface area contributed by atoms with Crippen LogP contribution in [0.5, 0.6) is 0 Å². The Balaban J connectivity index is 1.71. The fourth-order valence-electron chi connectivity index (χ4n) is 4.23. The van der Waals surface area contributed by atoms with Crippen molar-refractivity contribution in [3.63, 3.8) is 0 Å². The minimum Gasteiger partial charge on any atom is -0.383 e. The molecule has 4 heteroatoms. The fraction of sp³-hybridized carbons (Fsp3) is 0.682. The lowest BCUT2D eigenvalue weighted by Gasteiger charge is -2.42. The summed E-state index contributed by atoms with van der Waals surface area (Å²) in [5.74, 6) is 1.17. The van der Waals surface area contributed by atoms with Gasteiger partial charge in [0.05, 0.1) is 12.5 Å². The van der Waals surface area contributed by atoms with Gasteiger partial charge in [0, 0.05) is 32.8 Å². The monoisotopic (exact) mass is 358 g/mol. The number of carbonyl (C=O) groups is 1. The second-order valence-electron chi connectivity index (χ2n) is 7.96. The molecule has 2 fully saturated rings. The maximum absolute atomic E-state index is 13.4. The molecule has 1 saturated carbocycles. The van der Waals surface area contributed by atoms with Crippen LogP contribution in [0.1, 0.15) is 44.6 Å². The quantitative estimate of drug-likeness (QED) is 0.677. The number of likely N-dealkylation sites (tertiary alicyclic amines) is 1. The number of methoxy groups -OCH3 is 1. The third-order valence-electron chi connectivity index (χ3n) is 5.76. The maximum Gasteiger partial charge on any atom is 0.227 e. The van der Waals surface area contributed by atoms with Crippen LogP contribution in [0.25, 0.3) is 0 Å². The minimum atomic E-state index is 0.0673. The lowest BCUT2D eigenvalue weighted by atomic mass is 9.87. The molecule has 0 bridgehead atoms. The van der Waals surface area contributed by atoms with Crippen molar-refractivity contribution in [2.75, 3.05) is 33.4 Å². The van der Waals surface area contributed by atoms with Crippen molar-refractivity contribution in [3.05, 3.63) is 35.9 Å². The van der Waals surface area contributed by atoms with Gasteiger partial charge in [0.15, 0.2) is 0 Å². The zero-order valence-corrected chi connectivity index (χ0v) is 16.4. The Morgan fingerprint density at radius 3 is 2.65 bits per heavy atom. The number of rotatable bonds is 9. The van der Waals surface area contributed by atoms with Gasteiger partial charge in [0.25, 0.3) is 0 Å². The second kappa shape index (κ2) is 9.52. The summed E-state index contributed by atoms with van der Waals surface area (Å²) in [6.07, 6.45) is 5.70. The first kappa shape index (κ1) is 19.4. The molecule has 4 nitrogen and oxygen atoms in total. The molecule has 1 saturated heterocycles. The average molecular weight is 359 g/mol. The van der Waals surface area contributed by atoms with Crippen molar-refractivity contribution in [2.45, 2.75) is 51.6 Å². The first-order valence-corrected chi connectivity index (χ1v) is 10.3. The fourth-order valence-corrected chi connectivity index (χ4v) is 4.23. The molecular weight excluding hydrogens is 324 g/mol. The van der Waals surface area contributed by atoms with Gasteiger partial charge in [-0.05, 0) is 50.1 Å². The molecule has 144 valence electrons. The topological polar surface area (TPSA) is 32.8 Å². The molecule has 3 rings (SSSR count). The maximum atomic E-state index is 13.4. The Morgan fingerprint density at radius 2 is 2.00 bits per heavy atom. The summed E-state index contributed by atoms with van der Waals surface area (Å²) >= 11 is 0. The van der Waals surface area contributed by atoms with Gasteiger partial charge in [0.2, 0.25) is 5.91 Å². The highest BCUT2D eigenvalue weighted by molar-refractivity contribution is 5.79. The van der Waals surface area contributed by atoms with Crippen LogP contribution < -0.4 is 0 Å². The molecule has 0 aromatic heterocycles. The zero-order chi connectivity index (χ0) is 18.4. The first-order valence-electron chi connectivity index (χ1n) is 10.3. The molecule has 1 heterocycles. The Morgan fingerprint density at radius 1 is 1.23 bits per heavy atom. The van der Waals surface area contributed by atoms with E-state index in [2.05, 4.69) is 47.1 Å². The van der Waals surface area contributed by atoms with Crippen LogP contribution in [-0.4, -0.2) is 55.1 Å². The van der Waals surface area contributed by atoms with E-state index in [1.54, 1.807) is 7.11 Å². The third-order valence-corrected chi connectivity index (χ3v) is 5.76. The number of carbonyl (C=O) groups excluding carboxylic acids is 1. The van der Waals surface area contributed by atoms with Gasteiger partial charge < -0.3 is 9.64 Å². The highest BCUT2D eigenvalue weighted by atomic mass is 16.5. The average Bonchev–Trinajstić information content (AvgIpc) is 3.47.